The molecule has 1 N–H and O–H groups in total. The van der Waals surface area contributed by atoms with Crippen LogP contribution in [-0.2, 0) is 9.84 Å². The highest BCUT2D eigenvalue weighted by Gasteiger charge is 2.30. The lowest BCUT2D eigenvalue weighted by molar-refractivity contribution is 0.0953. The van der Waals surface area contributed by atoms with E-state index < -0.39 is 32.6 Å². The van der Waals surface area contributed by atoms with Gasteiger partial charge in [-0.15, -0.1) is 11.3 Å². The molecule has 0 fully saturated rings. The maximum atomic E-state index is 13.2. The molecule has 0 bridgehead atoms. The zero-order valence-corrected chi connectivity index (χ0v) is 15.6. The molecule has 1 atom stereocenters. The van der Waals surface area contributed by atoms with Crippen LogP contribution in [0.2, 0.25) is 0 Å². The Morgan fingerprint density at radius 1 is 0.963 bits per heavy atom. The van der Waals surface area contributed by atoms with Gasteiger partial charge in [0, 0.05) is 12.1 Å². The van der Waals surface area contributed by atoms with Crippen molar-refractivity contribution >= 4 is 27.1 Å². The van der Waals surface area contributed by atoms with Crippen LogP contribution >= 0.6 is 11.3 Å². The molecule has 0 aliphatic carbocycles. The number of rotatable bonds is 6. The lowest BCUT2D eigenvalue weighted by Crippen LogP contribution is -2.31. The molecule has 0 aliphatic heterocycles. The summed E-state index contributed by atoms with van der Waals surface area (Å²) in [7, 11) is -3.79. The van der Waals surface area contributed by atoms with E-state index >= 15 is 0 Å². The molecule has 0 spiro atoms. The number of amides is 1. The summed E-state index contributed by atoms with van der Waals surface area (Å²) < 4.78 is 52.4. The summed E-state index contributed by atoms with van der Waals surface area (Å²) in [5.74, 6) is -1.49. The van der Waals surface area contributed by atoms with Crippen molar-refractivity contribution < 1.29 is 22.0 Å². The Labute approximate surface area is 159 Å². The number of carbonyl (C=O) groups is 1. The number of sulfone groups is 1. The number of thiophene rings is 1. The number of hydrogen-bond donors (Lipinski definition) is 1. The number of halogens is 2. The topological polar surface area (TPSA) is 63.2 Å². The predicted octanol–water partition coefficient (Wildman–Crippen LogP) is 3.97. The first kappa shape index (κ1) is 19.2. The van der Waals surface area contributed by atoms with Crippen molar-refractivity contribution in [3.63, 3.8) is 0 Å². The molecular weight excluding hydrogens is 392 g/mol. The van der Waals surface area contributed by atoms with Crippen LogP contribution in [0.1, 0.15) is 21.2 Å². The van der Waals surface area contributed by atoms with Crippen molar-refractivity contribution in [3.05, 3.63) is 88.8 Å². The quantitative estimate of drug-likeness (QED) is 0.673. The standard InChI is InChI=1S/C19H15F2NO3S2/c20-15-7-3-13(4-8-15)17(27(24,25)18-2-1-11-26-18)12-22-19(23)14-5-9-16(21)10-6-14/h1-11,17H,12H2,(H,22,23)/t17-/m0/s1. The first-order valence-corrected chi connectivity index (χ1v) is 10.4. The molecule has 4 nitrogen and oxygen atoms in total. The molecule has 0 radical (unpaired) electrons. The van der Waals surface area contributed by atoms with Crippen LogP contribution in [0.4, 0.5) is 8.78 Å². The first-order chi connectivity index (χ1) is 12.9. The Kier molecular flexibility index (Phi) is 5.67. The molecule has 0 aliphatic rings. The van der Waals surface area contributed by atoms with Gasteiger partial charge >= 0.3 is 0 Å². The van der Waals surface area contributed by atoms with Crippen LogP contribution in [0, 0.1) is 11.6 Å². The smallest absolute Gasteiger partial charge is 0.251 e. The second kappa shape index (κ2) is 7.98. The highest BCUT2D eigenvalue weighted by molar-refractivity contribution is 7.93. The third kappa shape index (κ3) is 4.40. The fraction of sp³-hybridized carbons (Fsp3) is 0.105. The van der Waals surface area contributed by atoms with Crippen LogP contribution in [0.5, 0.6) is 0 Å². The van der Waals surface area contributed by atoms with E-state index in [1.54, 1.807) is 11.4 Å². The zero-order valence-electron chi connectivity index (χ0n) is 13.9. The van der Waals surface area contributed by atoms with Crippen LogP contribution in [0.25, 0.3) is 0 Å². The van der Waals surface area contributed by atoms with Crippen LogP contribution in [0.3, 0.4) is 0 Å². The molecule has 0 saturated carbocycles. The average molecular weight is 407 g/mol. The SMILES string of the molecule is O=C(NC[C@@H](c1ccc(F)cc1)S(=O)(=O)c1cccs1)c1ccc(F)cc1. The molecule has 1 heterocycles. The first-order valence-electron chi connectivity index (χ1n) is 7.94. The maximum Gasteiger partial charge on any atom is 0.251 e. The maximum absolute atomic E-state index is 13.2. The van der Waals surface area contributed by atoms with Gasteiger partial charge in [-0.05, 0) is 53.4 Å². The van der Waals surface area contributed by atoms with Gasteiger partial charge in [0.1, 0.15) is 21.1 Å². The van der Waals surface area contributed by atoms with Gasteiger partial charge in [0.15, 0.2) is 9.84 Å². The minimum Gasteiger partial charge on any atom is -0.350 e. The molecule has 2 aromatic carbocycles. The lowest BCUT2D eigenvalue weighted by Gasteiger charge is -2.18. The second-order valence-electron chi connectivity index (χ2n) is 5.73. The fourth-order valence-corrected chi connectivity index (χ4v) is 5.41. The van der Waals surface area contributed by atoms with Gasteiger partial charge in [0.2, 0.25) is 0 Å². The molecule has 1 aromatic heterocycles. The summed E-state index contributed by atoms with van der Waals surface area (Å²) in [5, 5.41) is 3.13. The lowest BCUT2D eigenvalue weighted by atomic mass is 10.1. The summed E-state index contributed by atoms with van der Waals surface area (Å²) >= 11 is 1.07. The monoisotopic (exact) mass is 407 g/mol. The third-order valence-electron chi connectivity index (χ3n) is 3.95. The molecule has 0 unspecified atom stereocenters. The Hall–Kier alpha value is -2.58. The predicted molar refractivity (Wildman–Crippen MR) is 99.4 cm³/mol. The van der Waals surface area contributed by atoms with Gasteiger partial charge in [-0.3, -0.25) is 4.79 Å². The summed E-state index contributed by atoms with van der Waals surface area (Å²) in [5.41, 5.74) is 0.576. The number of benzene rings is 2. The number of hydrogen-bond acceptors (Lipinski definition) is 4. The largest absolute Gasteiger partial charge is 0.350 e. The molecule has 3 aromatic rings. The Morgan fingerprint density at radius 3 is 2.11 bits per heavy atom. The fourth-order valence-electron chi connectivity index (χ4n) is 2.54. The molecule has 140 valence electrons. The van der Waals surface area contributed by atoms with E-state index in [4.69, 9.17) is 0 Å². The number of carbonyl (C=O) groups excluding carboxylic acids is 1. The van der Waals surface area contributed by atoms with Crippen LogP contribution < -0.4 is 5.32 Å². The molecule has 3 rings (SSSR count). The van der Waals surface area contributed by atoms with E-state index in [2.05, 4.69) is 5.32 Å². The van der Waals surface area contributed by atoms with Crippen LogP contribution in [0.15, 0.2) is 70.3 Å². The third-order valence-corrected chi connectivity index (χ3v) is 7.48. The van der Waals surface area contributed by atoms with Crippen LogP contribution in [-0.4, -0.2) is 20.9 Å². The van der Waals surface area contributed by atoms with Gasteiger partial charge in [-0.25, -0.2) is 17.2 Å². The molecule has 8 heteroatoms. The summed E-state index contributed by atoms with van der Waals surface area (Å²) in [6.07, 6.45) is 0. The molecular formula is C19H15F2NO3S2. The van der Waals surface area contributed by atoms with E-state index in [0.717, 1.165) is 23.5 Å². The van der Waals surface area contributed by atoms with Gasteiger partial charge in [-0.1, -0.05) is 18.2 Å². The highest BCUT2D eigenvalue weighted by Crippen LogP contribution is 2.31. The second-order valence-corrected chi connectivity index (χ2v) is 9.04. The van der Waals surface area contributed by atoms with E-state index in [0.29, 0.717) is 5.56 Å². The highest BCUT2D eigenvalue weighted by atomic mass is 32.2. The summed E-state index contributed by atoms with van der Waals surface area (Å²) in [6, 6.07) is 13.1. The molecule has 0 saturated heterocycles. The van der Waals surface area contributed by atoms with E-state index in [1.807, 2.05) is 0 Å². The summed E-state index contributed by atoms with van der Waals surface area (Å²) in [6.45, 7) is -0.206. The average Bonchev–Trinajstić information content (AvgIpc) is 3.19. The Morgan fingerprint density at radius 2 is 1.56 bits per heavy atom. The molecule has 27 heavy (non-hydrogen) atoms. The van der Waals surface area contributed by atoms with Gasteiger partial charge < -0.3 is 5.32 Å². The Balaban J connectivity index is 1.87. The van der Waals surface area contributed by atoms with Crippen molar-refractivity contribution in [2.75, 3.05) is 6.54 Å². The Bertz CT molecular complexity index is 1020. The van der Waals surface area contributed by atoms with E-state index in [-0.39, 0.29) is 16.3 Å². The minimum atomic E-state index is -3.79. The van der Waals surface area contributed by atoms with Crippen molar-refractivity contribution in [1.82, 2.24) is 5.32 Å². The zero-order chi connectivity index (χ0) is 19.4. The van der Waals surface area contributed by atoms with E-state index in [9.17, 15) is 22.0 Å². The van der Waals surface area contributed by atoms with Gasteiger partial charge in [0.25, 0.3) is 5.91 Å². The minimum absolute atomic E-state index is 0.160. The van der Waals surface area contributed by atoms with Crippen molar-refractivity contribution in [3.8, 4) is 0 Å². The summed E-state index contributed by atoms with van der Waals surface area (Å²) in [4.78, 5) is 12.3. The molecule has 1 amide bonds. The van der Waals surface area contributed by atoms with Gasteiger partial charge in [-0.2, -0.15) is 0 Å². The van der Waals surface area contributed by atoms with Gasteiger partial charge in [0.05, 0.1) is 0 Å². The normalized spacial score (nSPS) is 12.5. The van der Waals surface area contributed by atoms with Crippen molar-refractivity contribution in [2.45, 2.75) is 9.46 Å². The van der Waals surface area contributed by atoms with Crippen molar-refractivity contribution in [2.24, 2.45) is 0 Å². The van der Waals surface area contributed by atoms with Crippen molar-refractivity contribution in [1.29, 1.82) is 0 Å². The number of nitrogens with one attached hydrogen (secondary N) is 1. The van der Waals surface area contributed by atoms with E-state index in [1.165, 1.54) is 42.5 Å².